The molecule has 0 atom stereocenters. The van der Waals surface area contributed by atoms with Gasteiger partial charge in [0, 0.05) is 17.8 Å². The number of alkyl halides is 3. The minimum Gasteiger partial charge on any atom is -0.349 e. The Labute approximate surface area is 126 Å². The fraction of sp³-hybridized carbons (Fsp3) is 0.333. The first kappa shape index (κ1) is 13.4. The molecule has 0 bridgehead atoms. The Hall–Kier alpha value is -2.23. The van der Waals surface area contributed by atoms with Crippen LogP contribution in [0.3, 0.4) is 0 Å². The molecule has 0 spiro atoms. The maximum Gasteiger partial charge on any atom is 0.451 e. The lowest BCUT2D eigenvalue weighted by Crippen LogP contribution is -2.31. The monoisotopic (exact) mass is 326 g/mol. The van der Waals surface area contributed by atoms with Gasteiger partial charge in [-0.2, -0.15) is 13.2 Å². The maximum atomic E-state index is 13.0. The Kier molecular flexibility index (Phi) is 2.83. The van der Waals surface area contributed by atoms with Crippen molar-refractivity contribution >= 4 is 28.3 Å². The van der Waals surface area contributed by atoms with E-state index >= 15 is 0 Å². The highest BCUT2D eigenvalue weighted by molar-refractivity contribution is 7.09. The summed E-state index contributed by atoms with van der Waals surface area (Å²) < 4.78 is 38.9. The largest absolute Gasteiger partial charge is 0.451 e. The van der Waals surface area contributed by atoms with Gasteiger partial charge in [-0.25, -0.2) is 19.9 Å². The van der Waals surface area contributed by atoms with Gasteiger partial charge >= 0.3 is 6.18 Å². The molecule has 4 heterocycles. The average Bonchev–Trinajstić information content (AvgIpc) is 3.13. The number of imidazole rings is 1. The summed E-state index contributed by atoms with van der Waals surface area (Å²) in [5.74, 6) is -0.952. The van der Waals surface area contributed by atoms with Crippen LogP contribution in [0.1, 0.15) is 16.4 Å². The van der Waals surface area contributed by atoms with Crippen molar-refractivity contribution in [2.24, 2.45) is 0 Å². The van der Waals surface area contributed by atoms with Gasteiger partial charge in [-0.15, -0.1) is 11.3 Å². The number of anilines is 1. The average molecular weight is 326 g/mol. The van der Waals surface area contributed by atoms with E-state index in [1.165, 1.54) is 17.7 Å². The first-order valence-corrected chi connectivity index (χ1v) is 7.35. The van der Waals surface area contributed by atoms with Crippen molar-refractivity contribution in [3.63, 3.8) is 0 Å². The molecule has 10 heteroatoms. The highest BCUT2D eigenvalue weighted by atomic mass is 32.1. The van der Waals surface area contributed by atoms with Gasteiger partial charge in [-0.05, 0) is 0 Å². The first-order chi connectivity index (χ1) is 10.5. The van der Waals surface area contributed by atoms with Gasteiger partial charge in [0.2, 0.25) is 5.82 Å². The number of aromatic nitrogens is 5. The Morgan fingerprint density at radius 3 is 2.91 bits per heavy atom. The van der Waals surface area contributed by atoms with Crippen LogP contribution >= 0.6 is 11.3 Å². The molecule has 0 amide bonds. The van der Waals surface area contributed by atoms with Gasteiger partial charge in [0.1, 0.15) is 5.52 Å². The molecule has 0 unspecified atom stereocenters. The van der Waals surface area contributed by atoms with Crippen LogP contribution in [0, 0.1) is 0 Å². The van der Waals surface area contributed by atoms with Gasteiger partial charge in [-0.3, -0.25) is 0 Å². The van der Waals surface area contributed by atoms with Crippen LogP contribution in [0.2, 0.25) is 0 Å². The number of aromatic amines is 1. The number of nitrogens with zero attached hydrogens (tertiary/aromatic N) is 5. The van der Waals surface area contributed by atoms with Crippen molar-refractivity contribution in [1.29, 1.82) is 0 Å². The molecule has 6 nitrogen and oxygen atoms in total. The van der Waals surface area contributed by atoms with Crippen LogP contribution < -0.4 is 4.90 Å². The van der Waals surface area contributed by atoms with Crippen molar-refractivity contribution < 1.29 is 13.2 Å². The second-order valence-electron chi connectivity index (χ2n) is 4.86. The third kappa shape index (κ3) is 2.10. The van der Waals surface area contributed by atoms with Crippen molar-refractivity contribution in [1.82, 2.24) is 24.9 Å². The zero-order valence-corrected chi connectivity index (χ0v) is 11.9. The number of rotatable bonds is 1. The molecule has 1 aliphatic rings. The Morgan fingerprint density at radius 2 is 2.09 bits per heavy atom. The van der Waals surface area contributed by atoms with Gasteiger partial charge in [0.15, 0.2) is 11.5 Å². The van der Waals surface area contributed by atoms with Crippen molar-refractivity contribution in [3.8, 4) is 0 Å². The molecular formula is C12H9F3N6S. The topological polar surface area (TPSA) is 70.6 Å². The lowest BCUT2D eigenvalue weighted by molar-refractivity contribution is -0.144. The summed E-state index contributed by atoms with van der Waals surface area (Å²) in [6.07, 6.45) is -2.60. The van der Waals surface area contributed by atoms with Crippen LogP contribution in [0.25, 0.3) is 11.2 Å². The maximum absolute atomic E-state index is 13.0. The standard InChI is InChI=1S/C12H9F3N6S/c13-12(14,15)11-19-9-8(16-4-17-9)10(20-11)21-2-1-6-7(3-21)22-5-18-6/h4-5H,1-3H2,(H,16,17,19,20). The Balaban J connectivity index is 1.82. The molecule has 0 saturated carbocycles. The highest BCUT2D eigenvalue weighted by Crippen LogP contribution is 2.32. The Morgan fingerprint density at radius 1 is 1.23 bits per heavy atom. The van der Waals surface area contributed by atoms with Crippen molar-refractivity contribution in [2.45, 2.75) is 19.1 Å². The minimum absolute atomic E-state index is 0.0902. The molecule has 0 aliphatic carbocycles. The van der Waals surface area contributed by atoms with E-state index in [1.54, 1.807) is 10.4 Å². The SMILES string of the molecule is FC(F)(F)c1nc(N2CCc3ncsc3C2)c2nc[nH]c2n1. The lowest BCUT2D eigenvalue weighted by Gasteiger charge is -2.27. The number of nitrogens with one attached hydrogen (secondary N) is 1. The van der Waals surface area contributed by atoms with E-state index in [2.05, 4.69) is 24.9 Å². The number of hydrogen-bond acceptors (Lipinski definition) is 6. The summed E-state index contributed by atoms with van der Waals surface area (Å²) >= 11 is 1.49. The third-order valence-electron chi connectivity index (χ3n) is 3.49. The number of thiazole rings is 1. The molecule has 0 saturated heterocycles. The molecule has 1 N–H and O–H groups in total. The van der Waals surface area contributed by atoms with Crippen LogP contribution in [0.5, 0.6) is 0 Å². The van der Waals surface area contributed by atoms with Gasteiger partial charge < -0.3 is 9.88 Å². The molecule has 3 aromatic rings. The van der Waals surface area contributed by atoms with Crippen molar-refractivity contribution in [2.75, 3.05) is 11.4 Å². The number of H-pyrrole nitrogens is 1. The zero-order chi connectivity index (χ0) is 15.3. The minimum atomic E-state index is -4.60. The molecule has 0 fully saturated rings. The molecule has 4 rings (SSSR count). The summed E-state index contributed by atoms with van der Waals surface area (Å²) in [5.41, 5.74) is 3.19. The second-order valence-corrected chi connectivity index (χ2v) is 5.80. The zero-order valence-electron chi connectivity index (χ0n) is 11.1. The summed E-state index contributed by atoms with van der Waals surface area (Å²) in [7, 11) is 0. The van der Waals surface area contributed by atoms with E-state index < -0.39 is 12.0 Å². The Bertz CT molecular complexity index is 839. The van der Waals surface area contributed by atoms with Gasteiger partial charge in [0.25, 0.3) is 0 Å². The molecule has 114 valence electrons. The van der Waals surface area contributed by atoms with Crippen LogP contribution in [-0.2, 0) is 19.1 Å². The molecule has 3 aromatic heterocycles. The fourth-order valence-electron chi connectivity index (χ4n) is 2.47. The molecule has 1 aliphatic heterocycles. The molecule has 0 aromatic carbocycles. The van der Waals surface area contributed by atoms with Crippen LogP contribution in [0.15, 0.2) is 11.8 Å². The smallest absolute Gasteiger partial charge is 0.349 e. The van der Waals surface area contributed by atoms with E-state index in [-0.39, 0.29) is 11.5 Å². The van der Waals surface area contributed by atoms with Gasteiger partial charge in [0.05, 0.1) is 24.1 Å². The van der Waals surface area contributed by atoms with Gasteiger partial charge in [-0.1, -0.05) is 0 Å². The number of halogens is 3. The fourth-order valence-corrected chi connectivity index (χ4v) is 3.30. The second kappa shape index (κ2) is 4.63. The normalized spacial score (nSPS) is 15.3. The molecular weight excluding hydrogens is 317 g/mol. The lowest BCUT2D eigenvalue weighted by atomic mass is 10.2. The third-order valence-corrected chi connectivity index (χ3v) is 4.35. The summed E-state index contributed by atoms with van der Waals surface area (Å²) in [6, 6.07) is 0. The quantitative estimate of drug-likeness (QED) is 0.743. The summed E-state index contributed by atoms with van der Waals surface area (Å²) in [5, 5.41) is 0. The highest BCUT2D eigenvalue weighted by Gasteiger charge is 2.37. The van der Waals surface area contributed by atoms with E-state index in [1.807, 2.05) is 0 Å². The predicted molar refractivity (Wildman–Crippen MR) is 73.6 cm³/mol. The first-order valence-electron chi connectivity index (χ1n) is 6.47. The van der Waals surface area contributed by atoms with Crippen LogP contribution in [-0.4, -0.2) is 31.5 Å². The molecule has 22 heavy (non-hydrogen) atoms. The van der Waals surface area contributed by atoms with Crippen LogP contribution in [0.4, 0.5) is 19.0 Å². The molecule has 0 radical (unpaired) electrons. The summed E-state index contributed by atoms with van der Waals surface area (Å²) in [4.78, 5) is 21.0. The predicted octanol–water partition coefficient (Wildman–Crippen LogP) is 2.39. The number of fused-ring (bicyclic) bond motifs is 2. The van der Waals surface area contributed by atoms with E-state index in [9.17, 15) is 13.2 Å². The van der Waals surface area contributed by atoms with E-state index in [0.29, 0.717) is 25.0 Å². The van der Waals surface area contributed by atoms with Crippen molar-refractivity contribution in [3.05, 3.63) is 28.2 Å². The van der Waals surface area contributed by atoms with E-state index in [0.717, 1.165) is 10.6 Å². The summed E-state index contributed by atoms with van der Waals surface area (Å²) in [6.45, 7) is 1.03. The number of hydrogen-bond donors (Lipinski definition) is 1. The van der Waals surface area contributed by atoms with E-state index in [4.69, 9.17) is 0 Å².